The molecule has 8 nitrogen and oxygen atoms in total. The summed E-state index contributed by atoms with van der Waals surface area (Å²) in [7, 11) is 0. The zero-order valence-corrected chi connectivity index (χ0v) is 12.4. The van der Waals surface area contributed by atoms with Gasteiger partial charge in [-0.25, -0.2) is 0 Å². The van der Waals surface area contributed by atoms with Gasteiger partial charge in [0, 0.05) is 26.2 Å². The molecule has 21 heavy (non-hydrogen) atoms. The molecule has 3 rings (SSSR count). The summed E-state index contributed by atoms with van der Waals surface area (Å²) in [5, 5.41) is 18.8. The summed E-state index contributed by atoms with van der Waals surface area (Å²) < 4.78 is 7.16. The molecule has 1 fully saturated rings. The lowest BCUT2D eigenvalue weighted by Gasteiger charge is -2.35. The van der Waals surface area contributed by atoms with Crippen LogP contribution in [0.1, 0.15) is 20.3 Å². The van der Waals surface area contributed by atoms with Crippen LogP contribution in [0.2, 0.25) is 0 Å². The second kappa shape index (κ2) is 6.31. The highest BCUT2D eigenvalue weighted by Crippen LogP contribution is 2.11. The fourth-order valence-corrected chi connectivity index (χ4v) is 2.73. The van der Waals surface area contributed by atoms with E-state index in [1.807, 2.05) is 12.1 Å². The summed E-state index contributed by atoms with van der Waals surface area (Å²) in [5.74, 6) is 0.790. The van der Waals surface area contributed by atoms with Crippen molar-refractivity contribution in [3.8, 4) is 0 Å². The van der Waals surface area contributed by atoms with Crippen molar-refractivity contribution in [1.29, 1.82) is 0 Å². The Morgan fingerprint density at radius 2 is 2.10 bits per heavy atom. The zero-order valence-electron chi connectivity index (χ0n) is 12.4. The first-order valence-electron chi connectivity index (χ1n) is 7.38. The molecule has 1 aliphatic heterocycles. The van der Waals surface area contributed by atoms with Gasteiger partial charge in [0.2, 0.25) is 0 Å². The van der Waals surface area contributed by atoms with Crippen LogP contribution >= 0.6 is 0 Å². The Kier molecular flexibility index (Phi) is 4.26. The molecule has 2 unspecified atom stereocenters. The molecule has 0 bridgehead atoms. The van der Waals surface area contributed by atoms with Gasteiger partial charge in [-0.05, 0) is 42.8 Å². The van der Waals surface area contributed by atoms with Gasteiger partial charge in [-0.15, -0.1) is 14.8 Å². The van der Waals surface area contributed by atoms with Crippen molar-refractivity contribution in [2.75, 3.05) is 31.5 Å². The number of ether oxygens (including phenoxy) is 1. The van der Waals surface area contributed by atoms with Crippen molar-refractivity contribution >= 4 is 11.5 Å². The zero-order chi connectivity index (χ0) is 14.7. The minimum atomic E-state index is 0.325. The molecule has 8 heteroatoms. The fraction of sp³-hybridized carbons (Fsp3) is 0.692. The van der Waals surface area contributed by atoms with E-state index in [2.05, 4.69) is 44.7 Å². The van der Waals surface area contributed by atoms with Crippen LogP contribution in [0.15, 0.2) is 12.1 Å². The summed E-state index contributed by atoms with van der Waals surface area (Å²) in [6, 6.07) is 3.74. The van der Waals surface area contributed by atoms with Gasteiger partial charge in [-0.2, -0.15) is 0 Å². The first kappa shape index (κ1) is 14.2. The maximum Gasteiger partial charge on any atom is 0.200 e. The number of rotatable bonds is 5. The summed E-state index contributed by atoms with van der Waals surface area (Å²) in [6.07, 6.45) is 1.71. The number of hydrogen-bond acceptors (Lipinski definition) is 7. The molecule has 114 valence electrons. The Labute approximate surface area is 123 Å². The molecule has 2 atom stereocenters. The molecule has 1 saturated heterocycles. The predicted molar refractivity (Wildman–Crippen MR) is 78.1 cm³/mol. The lowest BCUT2D eigenvalue weighted by Crippen LogP contribution is -2.45. The van der Waals surface area contributed by atoms with E-state index >= 15 is 0 Å². The van der Waals surface area contributed by atoms with Gasteiger partial charge < -0.3 is 10.1 Å². The molecule has 0 aliphatic carbocycles. The molecular weight excluding hydrogens is 270 g/mol. The van der Waals surface area contributed by atoms with E-state index in [1.165, 1.54) is 4.63 Å². The van der Waals surface area contributed by atoms with Crippen LogP contribution in [-0.4, -0.2) is 68.5 Å². The molecule has 1 aliphatic rings. The number of anilines is 1. The fourth-order valence-electron chi connectivity index (χ4n) is 2.73. The molecule has 0 radical (unpaired) electrons. The highest BCUT2D eigenvalue weighted by Gasteiger charge is 2.21. The molecular formula is C13H21N7O. The van der Waals surface area contributed by atoms with Gasteiger partial charge in [0.05, 0.1) is 12.2 Å². The molecule has 2 aromatic rings. The third kappa shape index (κ3) is 3.64. The van der Waals surface area contributed by atoms with Crippen LogP contribution < -0.4 is 5.32 Å². The van der Waals surface area contributed by atoms with Crippen molar-refractivity contribution in [3.63, 3.8) is 0 Å². The first-order chi connectivity index (χ1) is 10.2. The second-order valence-corrected chi connectivity index (χ2v) is 5.54. The minimum Gasteiger partial charge on any atom is -0.373 e. The number of tetrazole rings is 1. The van der Waals surface area contributed by atoms with Gasteiger partial charge in [-0.3, -0.25) is 4.90 Å². The predicted octanol–water partition coefficient (Wildman–Crippen LogP) is 0.430. The number of aromatic nitrogens is 5. The Bertz CT molecular complexity index is 577. The van der Waals surface area contributed by atoms with E-state index < -0.39 is 0 Å². The molecule has 1 N–H and O–H groups in total. The Hall–Kier alpha value is -1.80. The molecule has 3 heterocycles. The van der Waals surface area contributed by atoms with Crippen LogP contribution in [-0.2, 0) is 4.74 Å². The number of hydrogen-bond donors (Lipinski definition) is 1. The van der Waals surface area contributed by atoms with Gasteiger partial charge in [0.1, 0.15) is 5.82 Å². The normalized spacial score (nSPS) is 23.5. The standard InChI is InChI=1S/C13H21N7O/c1-10-8-19(9-11(2)21-10)7-3-6-14-12-4-5-13-15-17-18-20(13)16-12/h4-5,10-11H,3,6-9H2,1-2H3,(H,14,16). The Morgan fingerprint density at radius 1 is 1.29 bits per heavy atom. The monoisotopic (exact) mass is 291 g/mol. The van der Waals surface area contributed by atoms with Crippen LogP contribution in [0, 0.1) is 0 Å². The summed E-state index contributed by atoms with van der Waals surface area (Å²) in [4.78, 5) is 2.46. The average Bonchev–Trinajstić information content (AvgIpc) is 2.90. The third-order valence-electron chi connectivity index (χ3n) is 3.52. The van der Waals surface area contributed by atoms with Crippen molar-refractivity contribution in [2.45, 2.75) is 32.5 Å². The van der Waals surface area contributed by atoms with Gasteiger partial charge in [0.15, 0.2) is 5.65 Å². The summed E-state index contributed by atoms with van der Waals surface area (Å²) in [5.41, 5.74) is 0.650. The number of nitrogens with zero attached hydrogens (tertiary/aromatic N) is 6. The van der Waals surface area contributed by atoms with Crippen molar-refractivity contribution in [3.05, 3.63) is 12.1 Å². The second-order valence-electron chi connectivity index (χ2n) is 5.54. The molecule has 0 saturated carbocycles. The third-order valence-corrected chi connectivity index (χ3v) is 3.52. The van der Waals surface area contributed by atoms with E-state index in [4.69, 9.17) is 4.74 Å². The maximum absolute atomic E-state index is 5.74. The minimum absolute atomic E-state index is 0.325. The summed E-state index contributed by atoms with van der Waals surface area (Å²) >= 11 is 0. The smallest absolute Gasteiger partial charge is 0.200 e. The van der Waals surface area contributed by atoms with E-state index in [0.29, 0.717) is 17.9 Å². The summed E-state index contributed by atoms with van der Waals surface area (Å²) in [6.45, 7) is 8.23. The van der Waals surface area contributed by atoms with Crippen molar-refractivity contribution in [2.24, 2.45) is 0 Å². The number of fused-ring (bicyclic) bond motifs is 1. The number of nitrogens with one attached hydrogen (secondary N) is 1. The highest BCUT2D eigenvalue weighted by atomic mass is 16.5. The van der Waals surface area contributed by atoms with Crippen molar-refractivity contribution in [1.82, 2.24) is 30.2 Å². The molecule has 0 aromatic carbocycles. The van der Waals surface area contributed by atoms with E-state index in [0.717, 1.165) is 38.4 Å². The van der Waals surface area contributed by atoms with E-state index in [1.54, 1.807) is 0 Å². The highest BCUT2D eigenvalue weighted by molar-refractivity contribution is 5.41. The molecule has 0 spiro atoms. The number of morpholine rings is 1. The SMILES string of the molecule is CC1CN(CCCNc2ccc3nnnn3n2)CC(C)O1. The van der Waals surface area contributed by atoms with Crippen LogP contribution in [0.5, 0.6) is 0 Å². The Balaban J connectivity index is 1.43. The first-order valence-corrected chi connectivity index (χ1v) is 7.38. The average molecular weight is 291 g/mol. The van der Waals surface area contributed by atoms with Crippen molar-refractivity contribution < 1.29 is 4.74 Å². The van der Waals surface area contributed by atoms with E-state index in [-0.39, 0.29) is 0 Å². The van der Waals surface area contributed by atoms with Crippen LogP contribution in [0.3, 0.4) is 0 Å². The molecule has 0 amide bonds. The molecule has 2 aromatic heterocycles. The van der Waals surface area contributed by atoms with Gasteiger partial charge in [-0.1, -0.05) is 0 Å². The topological polar surface area (TPSA) is 80.5 Å². The van der Waals surface area contributed by atoms with Crippen LogP contribution in [0.4, 0.5) is 5.82 Å². The van der Waals surface area contributed by atoms with Crippen LogP contribution in [0.25, 0.3) is 5.65 Å². The lowest BCUT2D eigenvalue weighted by molar-refractivity contribution is -0.0678. The van der Waals surface area contributed by atoms with Gasteiger partial charge >= 0.3 is 0 Å². The largest absolute Gasteiger partial charge is 0.373 e. The quantitative estimate of drug-likeness (QED) is 0.800. The Morgan fingerprint density at radius 3 is 2.90 bits per heavy atom. The maximum atomic E-state index is 5.74. The van der Waals surface area contributed by atoms with E-state index in [9.17, 15) is 0 Å². The van der Waals surface area contributed by atoms with Gasteiger partial charge in [0.25, 0.3) is 0 Å². The lowest BCUT2D eigenvalue weighted by atomic mass is 10.2.